The lowest BCUT2D eigenvalue weighted by molar-refractivity contribution is 0.0776. The minimum Gasteiger partial charge on any atom is -0.350 e. The molecule has 0 spiro atoms. The predicted octanol–water partition coefficient (Wildman–Crippen LogP) is 4.38. The Bertz CT molecular complexity index is 1190. The number of imidazole rings is 1. The lowest BCUT2D eigenvalue weighted by atomic mass is 10.0. The summed E-state index contributed by atoms with van der Waals surface area (Å²) in [5.41, 5.74) is 6.11. The van der Waals surface area contributed by atoms with Crippen LogP contribution in [0.3, 0.4) is 0 Å². The Kier molecular flexibility index (Phi) is 3.98. The van der Waals surface area contributed by atoms with E-state index in [1.165, 1.54) is 12.1 Å². The van der Waals surface area contributed by atoms with Gasteiger partial charge in [-0.1, -0.05) is 12.1 Å². The van der Waals surface area contributed by atoms with E-state index >= 15 is 0 Å². The van der Waals surface area contributed by atoms with E-state index in [0.29, 0.717) is 29.1 Å². The monoisotopic (exact) mass is 364 g/mol. The van der Waals surface area contributed by atoms with Crippen molar-refractivity contribution >= 4 is 27.8 Å². The molecule has 0 fully saturated rings. The van der Waals surface area contributed by atoms with Crippen molar-refractivity contribution in [2.45, 2.75) is 27.3 Å². The minimum atomic E-state index is -0.318. The molecule has 6 heteroatoms. The van der Waals surface area contributed by atoms with Crippen molar-refractivity contribution in [2.24, 2.45) is 0 Å². The number of hydrogen-bond acceptors (Lipinski definition) is 2. The summed E-state index contributed by atoms with van der Waals surface area (Å²) in [6, 6.07) is 8.53. The number of H-pyrrole nitrogens is 2. The molecule has 4 rings (SSSR count). The number of carbonyl (C=O) groups is 1. The van der Waals surface area contributed by atoms with Crippen molar-refractivity contribution in [2.75, 3.05) is 7.05 Å². The van der Waals surface area contributed by atoms with Crippen LogP contribution in [0.15, 0.2) is 30.3 Å². The normalized spacial score (nSPS) is 11.4. The highest BCUT2D eigenvalue weighted by Gasteiger charge is 2.21. The molecule has 138 valence electrons. The van der Waals surface area contributed by atoms with Gasteiger partial charge in [0, 0.05) is 18.0 Å². The topological polar surface area (TPSA) is 64.8 Å². The standard InChI is InChI=1S/C21H21FN4O/c1-11-5-6-12(2)19-18(11)13(3)20(25-19)21(27)26(4)10-17-23-15-8-7-14(22)9-16(15)24-17/h5-9,25H,10H2,1-4H3,(H,23,24). The van der Waals surface area contributed by atoms with Gasteiger partial charge in [-0.2, -0.15) is 0 Å². The smallest absolute Gasteiger partial charge is 0.270 e. The van der Waals surface area contributed by atoms with Crippen LogP contribution < -0.4 is 0 Å². The Balaban J connectivity index is 1.65. The lowest BCUT2D eigenvalue weighted by Gasteiger charge is -2.15. The molecule has 1 amide bonds. The largest absolute Gasteiger partial charge is 0.350 e. The molecule has 0 bridgehead atoms. The summed E-state index contributed by atoms with van der Waals surface area (Å²) in [5, 5.41) is 1.10. The first-order chi connectivity index (χ1) is 12.8. The highest BCUT2D eigenvalue weighted by atomic mass is 19.1. The summed E-state index contributed by atoms with van der Waals surface area (Å²) < 4.78 is 13.4. The molecule has 27 heavy (non-hydrogen) atoms. The highest BCUT2D eigenvalue weighted by Crippen LogP contribution is 2.28. The number of rotatable bonds is 3. The summed E-state index contributed by atoms with van der Waals surface area (Å²) in [5.74, 6) is 0.197. The molecule has 0 radical (unpaired) electrons. The van der Waals surface area contributed by atoms with Crippen molar-refractivity contribution in [3.63, 3.8) is 0 Å². The number of hydrogen-bond donors (Lipinski definition) is 2. The molecule has 0 saturated carbocycles. The van der Waals surface area contributed by atoms with Crippen LogP contribution >= 0.6 is 0 Å². The van der Waals surface area contributed by atoms with Crippen LogP contribution in [0, 0.1) is 26.6 Å². The Morgan fingerprint density at radius 1 is 1.11 bits per heavy atom. The maximum Gasteiger partial charge on any atom is 0.270 e. The maximum atomic E-state index is 13.4. The second-order valence-electron chi connectivity index (χ2n) is 7.08. The van der Waals surface area contributed by atoms with Gasteiger partial charge >= 0.3 is 0 Å². The third-order valence-electron chi connectivity index (χ3n) is 5.06. The van der Waals surface area contributed by atoms with Crippen molar-refractivity contribution in [1.29, 1.82) is 0 Å². The van der Waals surface area contributed by atoms with E-state index < -0.39 is 0 Å². The molecular weight excluding hydrogens is 343 g/mol. The van der Waals surface area contributed by atoms with Crippen LogP contribution in [0.4, 0.5) is 4.39 Å². The van der Waals surface area contributed by atoms with Gasteiger partial charge in [-0.3, -0.25) is 4.79 Å². The van der Waals surface area contributed by atoms with E-state index in [4.69, 9.17) is 0 Å². The van der Waals surface area contributed by atoms with Gasteiger partial charge < -0.3 is 14.9 Å². The van der Waals surface area contributed by atoms with E-state index in [9.17, 15) is 9.18 Å². The van der Waals surface area contributed by atoms with Crippen LogP contribution in [0.1, 0.15) is 33.0 Å². The summed E-state index contributed by atoms with van der Waals surface area (Å²) in [4.78, 5) is 25.4. The zero-order chi connectivity index (χ0) is 19.3. The average molecular weight is 364 g/mol. The van der Waals surface area contributed by atoms with E-state index in [1.54, 1.807) is 18.0 Å². The second-order valence-corrected chi connectivity index (χ2v) is 7.08. The summed E-state index contributed by atoms with van der Waals surface area (Å²) in [6.07, 6.45) is 0. The number of aromatic amines is 2. The lowest BCUT2D eigenvalue weighted by Crippen LogP contribution is -2.27. The number of nitrogens with one attached hydrogen (secondary N) is 2. The van der Waals surface area contributed by atoms with Crippen LogP contribution in [-0.4, -0.2) is 32.8 Å². The molecule has 0 aliphatic rings. The number of benzene rings is 2. The van der Waals surface area contributed by atoms with Gasteiger partial charge in [0.05, 0.1) is 17.6 Å². The molecule has 0 saturated heterocycles. The Morgan fingerprint density at radius 3 is 2.59 bits per heavy atom. The summed E-state index contributed by atoms with van der Waals surface area (Å²) in [7, 11) is 1.74. The fourth-order valence-corrected chi connectivity index (χ4v) is 3.61. The Labute approximate surface area is 156 Å². The zero-order valence-electron chi connectivity index (χ0n) is 15.8. The molecule has 0 atom stereocenters. The van der Waals surface area contributed by atoms with Crippen molar-refractivity contribution < 1.29 is 9.18 Å². The summed E-state index contributed by atoms with van der Waals surface area (Å²) >= 11 is 0. The van der Waals surface area contributed by atoms with Crippen LogP contribution in [0.2, 0.25) is 0 Å². The quantitative estimate of drug-likeness (QED) is 0.567. The molecule has 0 unspecified atom stereocenters. The molecule has 2 aromatic carbocycles. The number of amides is 1. The van der Waals surface area contributed by atoms with E-state index in [-0.39, 0.29) is 11.7 Å². The average Bonchev–Trinajstić information content (AvgIpc) is 3.18. The van der Waals surface area contributed by atoms with Crippen LogP contribution in [-0.2, 0) is 6.54 Å². The highest BCUT2D eigenvalue weighted by molar-refractivity contribution is 6.02. The number of carbonyl (C=O) groups excluding carboxylic acids is 1. The number of fused-ring (bicyclic) bond motifs is 2. The van der Waals surface area contributed by atoms with Crippen LogP contribution in [0.25, 0.3) is 21.9 Å². The molecule has 0 aliphatic heterocycles. The SMILES string of the molecule is Cc1ccc(C)c2c(C)c(C(=O)N(C)Cc3nc4ccc(F)cc4[nH]3)[nH]c12. The Hall–Kier alpha value is -3.15. The van der Waals surface area contributed by atoms with Crippen LogP contribution in [0.5, 0.6) is 0 Å². The van der Waals surface area contributed by atoms with Gasteiger partial charge in [-0.25, -0.2) is 9.37 Å². The molecule has 0 aliphatic carbocycles. The molecule has 2 N–H and O–H groups in total. The first-order valence-electron chi connectivity index (χ1n) is 8.83. The van der Waals surface area contributed by atoms with E-state index in [2.05, 4.69) is 27.1 Å². The molecule has 2 aromatic heterocycles. The number of aromatic nitrogens is 3. The fourth-order valence-electron chi connectivity index (χ4n) is 3.61. The number of aryl methyl sites for hydroxylation is 3. The predicted molar refractivity (Wildman–Crippen MR) is 104 cm³/mol. The molecular formula is C21H21FN4O. The van der Waals surface area contributed by atoms with E-state index in [0.717, 1.165) is 27.6 Å². The minimum absolute atomic E-state index is 0.103. The Morgan fingerprint density at radius 2 is 1.85 bits per heavy atom. The van der Waals surface area contributed by atoms with Gasteiger partial charge in [-0.15, -0.1) is 0 Å². The molecule has 4 aromatic rings. The zero-order valence-corrected chi connectivity index (χ0v) is 15.8. The van der Waals surface area contributed by atoms with Gasteiger partial charge in [0.25, 0.3) is 5.91 Å². The van der Waals surface area contributed by atoms with Gasteiger partial charge in [0.2, 0.25) is 0 Å². The maximum absolute atomic E-state index is 13.4. The van der Waals surface area contributed by atoms with Crippen molar-refractivity contribution in [1.82, 2.24) is 19.9 Å². The third kappa shape index (κ3) is 2.87. The van der Waals surface area contributed by atoms with E-state index in [1.807, 2.05) is 20.8 Å². The third-order valence-corrected chi connectivity index (χ3v) is 5.06. The van der Waals surface area contributed by atoms with Gasteiger partial charge in [0.1, 0.15) is 17.3 Å². The van der Waals surface area contributed by atoms with Gasteiger partial charge in [0.15, 0.2) is 0 Å². The first-order valence-corrected chi connectivity index (χ1v) is 8.83. The second kappa shape index (κ2) is 6.23. The fraction of sp³-hybridized carbons (Fsp3) is 0.238. The van der Waals surface area contributed by atoms with Crippen molar-refractivity contribution in [3.8, 4) is 0 Å². The van der Waals surface area contributed by atoms with Crippen molar-refractivity contribution in [3.05, 3.63) is 64.4 Å². The molecule has 2 heterocycles. The number of halogens is 1. The van der Waals surface area contributed by atoms with Gasteiger partial charge in [-0.05, 0) is 55.7 Å². The molecule has 5 nitrogen and oxygen atoms in total. The number of nitrogens with zero attached hydrogens (tertiary/aromatic N) is 2. The summed E-state index contributed by atoms with van der Waals surface area (Å²) in [6.45, 7) is 6.36. The first kappa shape index (κ1) is 17.3.